The lowest BCUT2D eigenvalue weighted by molar-refractivity contribution is -0.136. The van der Waals surface area contributed by atoms with Crippen molar-refractivity contribution in [3.05, 3.63) is 60.2 Å². The molecule has 0 aliphatic carbocycles. The number of rotatable bonds is 6. The van der Waals surface area contributed by atoms with Crippen LogP contribution in [0.4, 0.5) is 0 Å². The van der Waals surface area contributed by atoms with Gasteiger partial charge in [-0.15, -0.1) is 10.2 Å². The third-order valence-corrected chi connectivity index (χ3v) is 5.13. The number of benzene rings is 2. The van der Waals surface area contributed by atoms with E-state index in [1.54, 1.807) is 0 Å². The van der Waals surface area contributed by atoms with Gasteiger partial charge in [0, 0.05) is 17.0 Å². The average Bonchev–Trinajstić information content (AvgIpc) is 3.05. The molecule has 0 aliphatic rings. The minimum absolute atomic E-state index is 0.0852. The first-order valence-electron chi connectivity index (χ1n) is 8.82. The van der Waals surface area contributed by atoms with Crippen LogP contribution in [-0.2, 0) is 10.2 Å². The van der Waals surface area contributed by atoms with Crippen molar-refractivity contribution < 1.29 is 9.90 Å². The number of carboxylic acids is 1. The highest BCUT2D eigenvalue weighted by atomic mass is 32.2. The van der Waals surface area contributed by atoms with Gasteiger partial charge in [-0.05, 0) is 23.1 Å². The molecule has 5 nitrogen and oxygen atoms in total. The third-order valence-electron chi connectivity index (χ3n) is 4.20. The summed E-state index contributed by atoms with van der Waals surface area (Å²) in [6.07, 6.45) is 0.0852. The molecule has 0 atom stereocenters. The van der Waals surface area contributed by atoms with Crippen LogP contribution in [-0.4, -0.2) is 31.6 Å². The Labute approximate surface area is 163 Å². The summed E-state index contributed by atoms with van der Waals surface area (Å²) >= 11 is 1.40. The second-order valence-electron chi connectivity index (χ2n) is 7.30. The van der Waals surface area contributed by atoms with Gasteiger partial charge in [0.05, 0.1) is 6.42 Å². The van der Waals surface area contributed by atoms with Gasteiger partial charge in [0.25, 0.3) is 0 Å². The van der Waals surface area contributed by atoms with E-state index in [2.05, 4.69) is 55.2 Å². The number of aliphatic carboxylic acids is 1. The van der Waals surface area contributed by atoms with Gasteiger partial charge in [0.2, 0.25) is 0 Å². The molecule has 0 radical (unpaired) electrons. The number of nitrogens with zero attached hydrogens (tertiary/aromatic N) is 3. The van der Waals surface area contributed by atoms with Crippen LogP contribution in [0.15, 0.2) is 59.8 Å². The van der Waals surface area contributed by atoms with E-state index in [4.69, 9.17) is 5.11 Å². The zero-order chi connectivity index (χ0) is 19.4. The predicted octanol–water partition coefficient (Wildman–Crippen LogP) is 4.80. The molecule has 140 valence electrons. The van der Waals surface area contributed by atoms with Crippen LogP contribution < -0.4 is 0 Å². The molecule has 3 aromatic rings. The average molecular weight is 382 g/mol. The van der Waals surface area contributed by atoms with Crippen molar-refractivity contribution in [2.45, 2.75) is 37.8 Å². The van der Waals surface area contributed by atoms with Crippen LogP contribution in [0, 0.1) is 0 Å². The molecule has 27 heavy (non-hydrogen) atoms. The van der Waals surface area contributed by atoms with Gasteiger partial charge < -0.3 is 5.11 Å². The zero-order valence-corrected chi connectivity index (χ0v) is 16.5. The van der Waals surface area contributed by atoms with Gasteiger partial charge in [-0.2, -0.15) is 0 Å². The van der Waals surface area contributed by atoms with Crippen LogP contribution in [0.5, 0.6) is 0 Å². The van der Waals surface area contributed by atoms with E-state index in [1.807, 2.05) is 34.9 Å². The number of thioether (sulfide) groups is 1. The summed E-state index contributed by atoms with van der Waals surface area (Å²) < 4.78 is 1.98. The van der Waals surface area contributed by atoms with Crippen LogP contribution >= 0.6 is 11.8 Å². The molecule has 6 heteroatoms. The Hall–Kier alpha value is -2.60. The van der Waals surface area contributed by atoms with E-state index in [0.29, 0.717) is 10.9 Å². The molecular weight excluding hydrogens is 358 g/mol. The fourth-order valence-corrected chi connectivity index (χ4v) is 3.59. The number of para-hydroxylation sites is 1. The lowest BCUT2D eigenvalue weighted by Crippen LogP contribution is -2.10. The van der Waals surface area contributed by atoms with Crippen molar-refractivity contribution >= 4 is 17.7 Å². The van der Waals surface area contributed by atoms with E-state index in [1.165, 1.54) is 17.3 Å². The topological polar surface area (TPSA) is 68.0 Å². The lowest BCUT2D eigenvalue weighted by atomic mass is 9.87. The van der Waals surface area contributed by atoms with Crippen LogP contribution in [0.2, 0.25) is 0 Å². The molecular formula is C21H23N3O2S. The number of carbonyl (C=O) groups is 1. The Morgan fingerprint density at radius 2 is 1.70 bits per heavy atom. The Balaban J connectivity index is 2.00. The van der Waals surface area contributed by atoms with E-state index < -0.39 is 5.97 Å². The summed E-state index contributed by atoms with van der Waals surface area (Å²) in [7, 11) is 0. The van der Waals surface area contributed by atoms with Gasteiger partial charge >= 0.3 is 5.97 Å². The Morgan fingerprint density at radius 1 is 1.04 bits per heavy atom. The first-order chi connectivity index (χ1) is 12.9. The quantitative estimate of drug-likeness (QED) is 0.621. The molecule has 0 saturated heterocycles. The Morgan fingerprint density at radius 3 is 2.30 bits per heavy atom. The summed E-state index contributed by atoms with van der Waals surface area (Å²) in [5.41, 5.74) is 3.27. The molecule has 1 heterocycles. The maximum Gasteiger partial charge on any atom is 0.304 e. The second-order valence-corrected chi connectivity index (χ2v) is 8.36. The Bertz CT molecular complexity index is 913. The van der Waals surface area contributed by atoms with E-state index in [9.17, 15) is 4.79 Å². The van der Waals surface area contributed by atoms with Crippen molar-refractivity contribution in [3.63, 3.8) is 0 Å². The molecule has 0 saturated carbocycles. The smallest absolute Gasteiger partial charge is 0.304 e. The number of carboxylic acid groups (broad SMARTS) is 1. The maximum atomic E-state index is 10.8. The fourth-order valence-electron chi connectivity index (χ4n) is 2.71. The highest BCUT2D eigenvalue weighted by Crippen LogP contribution is 2.30. The maximum absolute atomic E-state index is 10.8. The molecule has 0 fully saturated rings. The molecule has 1 aromatic heterocycles. The first-order valence-corrected chi connectivity index (χ1v) is 9.81. The van der Waals surface area contributed by atoms with Crippen molar-refractivity contribution in [2.75, 3.05) is 5.75 Å². The summed E-state index contributed by atoms with van der Waals surface area (Å²) in [5.74, 6) is 0.384. The van der Waals surface area contributed by atoms with E-state index >= 15 is 0 Å². The van der Waals surface area contributed by atoms with Crippen molar-refractivity contribution in [2.24, 2.45) is 0 Å². The monoisotopic (exact) mass is 381 g/mol. The molecule has 2 aromatic carbocycles. The number of aromatic nitrogens is 3. The Kier molecular flexibility index (Phi) is 5.65. The third kappa shape index (κ3) is 4.57. The van der Waals surface area contributed by atoms with Gasteiger partial charge in [-0.3, -0.25) is 9.36 Å². The SMILES string of the molecule is CC(C)(C)c1ccc(-c2nnc(SCCC(=O)O)n2-c2ccccc2)cc1. The zero-order valence-electron chi connectivity index (χ0n) is 15.7. The highest BCUT2D eigenvalue weighted by Gasteiger charge is 2.18. The van der Waals surface area contributed by atoms with Crippen LogP contribution in [0.1, 0.15) is 32.8 Å². The van der Waals surface area contributed by atoms with Gasteiger partial charge in [-0.25, -0.2) is 0 Å². The lowest BCUT2D eigenvalue weighted by Gasteiger charge is -2.19. The summed E-state index contributed by atoms with van der Waals surface area (Å²) in [6, 6.07) is 18.3. The number of hydrogen-bond acceptors (Lipinski definition) is 4. The molecule has 0 aliphatic heterocycles. The predicted molar refractivity (Wildman–Crippen MR) is 108 cm³/mol. The highest BCUT2D eigenvalue weighted by molar-refractivity contribution is 7.99. The van der Waals surface area contributed by atoms with E-state index in [0.717, 1.165) is 17.1 Å². The first kappa shape index (κ1) is 19.2. The van der Waals surface area contributed by atoms with Crippen molar-refractivity contribution in [1.29, 1.82) is 0 Å². The van der Waals surface area contributed by atoms with Gasteiger partial charge in [-0.1, -0.05) is 75.0 Å². The molecule has 0 amide bonds. The van der Waals surface area contributed by atoms with Crippen LogP contribution in [0.25, 0.3) is 17.1 Å². The van der Waals surface area contributed by atoms with Gasteiger partial charge in [0.1, 0.15) is 0 Å². The summed E-state index contributed by atoms with van der Waals surface area (Å²) in [6.45, 7) is 6.56. The number of hydrogen-bond donors (Lipinski definition) is 1. The van der Waals surface area contributed by atoms with Crippen molar-refractivity contribution in [3.8, 4) is 17.1 Å². The molecule has 0 unspecified atom stereocenters. The standard InChI is InChI=1S/C21H23N3O2S/c1-21(2,3)16-11-9-15(10-12-16)19-22-23-20(27-14-13-18(25)26)24(19)17-7-5-4-6-8-17/h4-12H,13-14H2,1-3H3,(H,25,26). The summed E-state index contributed by atoms with van der Waals surface area (Å²) in [5, 5.41) is 18.3. The normalized spacial score (nSPS) is 11.5. The second kappa shape index (κ2) is 7.96. The summed E-state index contributed by atoms with van der Waals surface area (Å²) in [4.78, 5) is 10.8. The molecule has 0 spiro atoms. The minimum atomic E-state index is -0.814. The van der Waals surface area contributed by atoms with Crippen LogP contribution in [0.3, 0.4) is 0 Å². The van der Waals surface area contributed by atoms with Gasteiger partial charge in [0.15, 0.2) is 11.0 Å². The fraction of sp³-hybridized carbons (Fsp3) is 0.286. The molecule has 0 bridgehead atoms. The molecule has 1 N–H and O–H groups in total. The molecule has 3 rings (SSSR count). The minimum Gasteiger partial charge on any atom is -0.481 e. The van der Waals surface area contributed by atoms with E-state index in [-0.39, 0.29) is 11.8 Å². The largest absolute Gasteiger partial charge is 0.481 e. The van der Waals surface area contributed by atoms with Crippen molar-refractivity contribution in [1.82, 2.24) is 14.8 Å².